The zero-order valence-corrected chi connectivity index (χ0v) is 14.5. The van der Waals surface area contributed by atoms with Gasteiger partial charge in [-0.25, -0.2) is 4.98 Å². The number of hydrogen-bond donors (Lipinski definition) is 3. The van der Waals surface area contributed by atoms with Crippen LogP contribution < -0.4 is 15.8 Å². The van der Waals surface area contributed by atoms with E-state index in [2.05, 4.69) is 27.3 Å². The van der Waals surface area contributed by atoms with Gasteiger partial charge in [0.15, 0.2) is 11.6 Å². The number of aliphatic hydroxyl groups excluding tert-OH is 1. The van der Waals surface area contributed by atoms with Crippen molar-refractivity contribution in [2.75, 3.05) is 17.7 Å². The SMILES string of the molecule is CCC[C@@H](CCO)Nc1nc(N)ncc1OCc1cc(C)nn1C. The summed E-state index contributed by atoms with van der Waals surface area (Å²) in [6, 6.07) is 2.08. The largest absolute Gasteiger partial charge is 0.482 e. The van der Waals surface area contributed by atoms with Crippen molar-refractivity contribution >= 4 is 11.8 Å². The molecule has 24 heavy (non-hydrogen) atoms. The van der Waals surface area contributed by atoms with Crippen LogP contribution in [0.2, 0.25) is 0 Å². The molecule has 0 unspecified atom stereocenters. The monoisotopic (exact) mass is 334 g/mol. The molecule has 1 atom stereocenters. The summed E-state index contributed by atoms with van der Waals surface area (Å²) in [7, 11) is 1.88. The summed E-state index contributed by atoms with van der Waals surface area (Å²) in [4.78, 5) is 8.25. The number of hydrogen-bond acceptors (Lipinski definition) is 7. The van der Waals surface area contributed by atoms with Gasteiger partial charge in [-0.3, -0.25) is 4.68 Å². The first-order valence-electron chi connectivity index (χ1n) is 8.15. The van der Waals surface area contributed by atoms with Crippen LogP contribution in [0, 0.1) is 6.92 Å². The van der Waals surface area contributed by atoms with Gasteiger partial charge >= 0.3 is 0 Å². The van der Waals surface area contributed by atoms with E-state index in [0.29, 0.717) is 24.6 Å². The lowest BCUT2D eigenvalue weighted by Gasteiger charge is -2.19. The van der Waals surface area contributed by atoms with Crippen LogP contribution in [-0.4, -0.2) is 37.5 Å². The van der Waals surface area contributed by atoms with E-state index in [1.54, 1.807) is 10.9 Å². The summed E-state index contributed by atoms with van der Waals surface area (Å²) < 4.78 is 7.65. The van der Waals surface area contributed by atoms with Gasteiger partial charge in [0.25, 0.3) is 0 Å². The first-order chi connectivity index (χ1) is 11.5. The molecule has 8 nitrogen and oxygen atoms in total. The lowest BCUT2D eigenvalue weighted by Crippen LogP contribution is -2.22. The van der Waals surface area contributed by atoms with Gasteiger partial charge in [-0.1, -0.05) is 13.3 Å². The summed E-state index contributed by atoms with van der Waals surface area (Å²) in [5.74, 6) is 1.26. The van der Waals surface area contributed by atoms with Crippen LogP contribution >= 0.6 is 0 Å². The Kier molecular flexibility index (Phi) is 6.36. The van der Waals surface area contributed by atoms with Gasteiger partial charge < -0.3 is 20.9 Å². The fourth-order valence-corrected chi connectivity index (χ4v) is 2.53. The standard InChI is InChI=1S/C16H26N6O2/c1-4-5-12(6-7-23)19-15-14(9-18-16(17)20-15)24-10-13-8-11(2)21-22(13)3/h8-9,12,23H,4-7,10H2,1-3H3,(H3,17,18,19,20)/t12-/m0/s1. The van der Waals surface area contributed by atoms with Crippen molar-refractivity contribution in [1.82, 2.24) is 19.7 Å². The molecule has 2 aromatic rings. The van der Waals surface area contributed by atoms with Crippen molar-refractivity contribution < 1.29 is 9.84 Å². The molecule has 0 saturated heterocycles. The van der Waals surface area contributed by atoms with Gasteiger partial charge in [0.2, 0.25) is 5.95 Å². The molecular formula is C16H26N6O2. The Balaban J connectivity index is 2.12. The highest BCUT2D eigenvalue weighted by Gasteiger charge is 2.14. The number of anilines is 2. The molecule has 0 aromatic carbocycles. The van der Waals surface area contributed by atoms with E-state index in [9.17, 15) is 5.11 Å². The highest BCUT2D eigenvalue weighted by atomic mass is 16.5. The molecule has 0 bridgehead atoms. The van der Waals surface area contributed by atoms with E-state index in [4.69, 9.17) is 10.5 Å². The van der Waals surface area contributed by atoms with Crippen molar-refractivity contribution in [3.63, 3.8) is 0 Å². The molecule has 4 N–H and O–H groups in total. The Morgan fingerprint density at radius 2 is 2.21 bits per heavy atom. The Labute approximate surface area is 142 Å². The predicted octanol–water partition coefficient (Wildman–Crippen LogP) is 1.64. The number of nitrogens with zero attached hydrogens (tertiary/aromatic N) is 4. The molecule has 2 heterocycles. The van der Waals surface area contributed by atoms with Crippen molar-refractivity contribution in [3.8, 4) is 5.75 Å². The van der Waals surface area contributed by atoms with Crippen molar-refractivity contribution in [3.05, 3.63) is 23.7 Å². The molecule has 0 aliphatic rings. The number of nitrogens with one attached hydrogen (secondary N) is 1. The molecule has 2 rings (SSSR count). The second-order valence-electron chi connectivity index (χ2n) is 5.77. The smallest absolute Gasteiger partial charge is 0.222 e. The van der Waals surface area contributed by atoms with Gasteiger partial charge in [0.05, 0.1) is 17.6 Å². The molecule has 132 valence electrons. The summed E-state index contributed by atoms with van der Waals surface area (Å²) in [5.41, 5.74) is 7.60. The zero-order chi connectivity index (χ0) is 17.5. The molecular weight excluding hydrogens is 308 g/mol. The summed E-state index contributed by atoms with van der Waals surface area (Å²) >= 11 is 0. The highest BCUT2D eigenvalue weighted by molar-refractivity contribution is 5.51. The van der Waals surface area contributed by atoms with E-state index >= 15 is 0 Å². The number of nitrogens with two attached hydrogens (primary N) is 1. The minimum absolute atomic E-state index is 0.107. The fourth-order valence-electron chi connectivity index (χ4n) is 2.53. The van der Waals surface area contributed by atoms with E-state index < -0.39 is 0 Å². The first-order valence-corrected chi connectivity index (χ1v) is 8.15. The molecule has 0 spiro atoms. The van der Waals surface area contributed by atoms with Crippen LogP contribution in [0.25, 0.3) is 0 Å². The topological polar surface area (TPSA) is 111 Å². The minimum Gasteiger partial charge on any atom is -0.482 e. The number of aryl methyl sites for hydroxylation is 2. The average molecular weight is 334 g/mol. The maximum atomic E-state index is 9.21. The number of rotatable bonds is 9. The van der Waals surface area contributed by atoms with Crippen LogP contribution in [0.1, 0.15) is 37.6 Å². The fraction of sp³-hybridized carbons (Fsp3) is 0.562. The number of aliphatic hydroxyl groups is 1. The van der Waals surface area contributed by atoms with E-state index in [1.807, 2.05) is 20.0 Å². The summed E-state index contributed by atoms with van der Waals surface area (Å²) in [6.07, 6.45) is 4.13. The molecule has 0 aliphatic carbocycles. The first kappa shape index (κ1) is 18.0. The van der Waals surface area contributed by atoms with Crippen molar-refractivity contribution in [2.45, 2.75) is 45.8 Å². The van der Waals surface area contributed by atoms with E-state index in [1.165, 1.54) is 0 Å². The number of aromatic nitrogens is 4. The summed E-state index contributed by atoms with van der Waals surface area (Å²) in [6.45, 7) is 4.51. The number of ether oxygens (including phenoxy) is 1. The van der Waals surface area contributed by atoms with E-state index in [-0.39, 0.29) is 18.6 Å². The Hall–Kier alpha value is -2.35. The molecule has 0 saturated carbocycles. The van der Waals surface area contributed by atoms with Gasteiger partial charge in [-0.05, 0) is 25.8 Å². The summed E-state index contributed by atoms with van der Waals surface area (Å²) in [5, 5.41) is 16.8. The normalized spacial score (nSPS) is 12.2. The van der Waals surface area contributed by atoms with Crippen molar-refractivity contribution in [2.24, 2.45) is 7.05 Å². The number of nitrogen functional groups attached to an aromatic ring is 1. The zero-order valence-electron chi connectivity index (χ0n) is 14.5. The quantitative estimate of drug-likeness (QED) is 0.639. The lowest BCUT2D eigenvalue weighted by molar-refractivity contribution is 0.275. The minimum atomic E-state index is 0.107. The van der Waals surface area contributed by atoms with Crippen LogP contribution in [-0.2, 0) is 13.7 Å². The third-order valence-electron chi connectivity index (χ3n) is 3.70. The third-order valence-corrected chi connectivity index (χ3v) is 3.70. The van der Waals surface area contributed by atoms with Crippen LogP contribution in [0.3, 0.4) is 0 Å². The average Bonchev–Trinajstić information content (AvgIpc) is 2.85. The van der Waals surface area contributed by atoms with Crippen LogP contribution in [0.5, 0.6) is 5.75 Å². The third kappa shape index (κ3) is 4.82. The Bertz CT molecular complexity index is 652. The second-order valence-corrected chi connectivity index (χ2v) is 5.77. The van der Waals surface area contributed by atoms with Gasteiger partial charge in [0.1, 0.15) is 6.61 Å². The van der Waals surface area contributed by atoms with Gasteiger partial charge in [-0.15, -0.1) is 0 Å². The van der Waals surface area contributed by atoms with Crippen molar-refractivity contribution in [1.29, 1.82) is 0 Å². The molecule has 0 amide bonds. The molecule has 2 aromatic heterocycles. The predicted molar refractivity (Wildman–Crippen MR) is 92.7 cm³/mol. The Morgan fingerprint density at radius 1 is 1.42 bits per heavy atom. The van der Waals surface area contributed by atoms with Crippen LogP contribution in [0.4, 0.5) is 11.8 Å². The van der Waals surface area contributed by atoms with Gasteiger partial charge in [-0.2, -0.15) is 10.1 Å². The van der Waals surface area contributed by atoms with Gasteiger partial charge in [0, 0.05) is 19.7 Å². The molecule has 8 heteroatoms. The highest BCUT2D eigenvalue weighted by Crippen LogP contribution is 2.25. The maximum Gasteiger partial charge on any atom is 0.222 e. The molecule has 0 radical (unpaired) electrons. The maximum absolute atomic E-state index is 9.21. The molecule has 0 aliphatic heterocycles. The van der Waals surface area contributed by atoms with Crippen LogP contribution in [0.15, 0.2) is 12.3 Å². The Morgan fingerprint density at radius 3 is 2.83 bits per heavy atom. The van der Waals surface area contributed by atoms with E-state index in [0.717, 1.165) is 24.2 Å². The lowest BCUT2D eigenvalue weighted by atomic mass is 10.1. The molecule has 0 fully saturated rings. The second kappa shape index (κ2) is 8.49.